The Morgan fingerprint density at radius 3 is 2.56 bits per heavy atom. The first-order valence-electron chi connectivity index (χ1n) is 6.79. The van der Waals surface area contributed by atoms with E-state index < -0.39 is 6.10 Å². The summed E-state index contributed by atoms with van der Waals surface area (Å²) in [5.74, 6) is 0.0575. The minimum Gasteiger partial charge on any atom is -0.466 e. The number of carbonyl (C=O) groups excluding carboxylic acids is 1. The lowest BCUT2D eigenvalue weighted by Crippen LogP contribution is -2.32. The molecule has 0 aromatic heterocycles. The smallest absolute Gasteiger partial charge is 0.308 e. The van der Waals surface area contributed by atoms with Crippen molar-refractivity contribution in [1.29, 1.82) is 0 Å². The molecule has 0 amide bonds. The molecule has 2 atom stereocenters. The molecule has 0 aliphatic carbocycles. The van der Waals surface area contributed by atoms with Crippen molar-refractivity contribution in [3.63, 3.8) is 0 Å². The van der Waals surface area contributed by atoms with Crippen LogP contribution in [0.4, 0.5) is 0 Å². The van der Waals surface area contributed by atoms with Gasteiger partial charge in [0.1, 0.15) is 0 Å². The van der Waals surface area contributed by atoms with Crippen molar-refractivity contribution in [2.75, 3.05) is 26.3 Å². The van der Waals surface area contributed by atoms with Gasteiger partial charge in [-0.15, -0.1) is 0 Å². The highest BCUT2D eigenvalue weighted by molar-refractivity contribution is 5.69. The summed E-state index contributed by atoms with van der Waals surface area (Å²) in [4.78, 5) is 11.1. The van der Waals surface area contributed by atoms with Gasteiger partial charge in [0.2, 0.25) is 0 Å². The standard InChI is InChI=1S/C13H27NO4/c1-3-5-11(6-7-15)9-14-10-12(16)8-13(17)18-4-2/h11-12,14-16H,3-10H2,1-2H3. The molecule has 0 saturated heterocycles. The van der Waals surface area contributed by atoms with Crippen molar-refractivity contribution in [3.05, 3.63) is 0 Å². The summed E-state index contributed by atoms with van der Waals surface area (Å²) in [7, 11) is 0. The van der Waals surface area contributed by atoms with E-state index >= 15 is 0 Å². The molecule has 0 aliphatic rings. The van der Waals surface area contributed by atoms with Gasteiger partial charge in [-0.05, 0) is 32.2 Å². The van der Waals surface area contributed by atoms with E-state index in [1.54, 1.807) is 6.92 Å². The predicted molar refractivity (Wildman–Crippen MR) is 70.2 cm³/mol. The Hall–Kier alpha value is -0.650. The zero-order valence-electron chi connectivity index (χ0n) is 11.5. The van der Waals surface area contributed by atoms with E-state index in [2.05, 4.69) is 12.2 Å². The van der Waals surface area contributed by atoms with Gasteiger partial charge in [-0.25, -0.2) is 0 Å². The molecule has 0 bridgehead atoms. The maximum absolute atomic E-state index is 11.1. The summed E-state index contributed by atoms with van der Waals surface area (Å²) in [5.41, 5.74) is 0. The van der Waals surface area contributed by atoms with Crippen molar-refractivity contribution in [3.8, 4) is 0 Å². The number of carbonyl (C=O) groups is 1. The maximum Gasteiger partial charge on any atom is 0.308 e. The Labute approximate surface area is 110 Å². The van der Waals surface area contributed by atoms with Gasteiger partial charge in [0.05, 0.1) is 19.1 Å². The maximum atomic E-state index is 11.1. The van der Waals surface area contributed by atoms with Gasteiger partial charge < -0.3 is 20.3 Å². The summed E-state index contributed by atoms with van der Waals surface area (Å²) < 4.78 is 4.76. The third-order valence-corrected chi connectivity index (χ3v) is 2.75. The fraction of sp³-hybridized carbons (Fsp3) is 0.923. The Kier molecular flexibility index (Phi) is 11.0. The number of aliphatic hydroxyl groups is 2. The summed E-state index contributed by atoms with van der Waals surface area (Å²) in [6, 6.07) is 0. The zero-order chi connectivity index (χ0) is 13.8. The molecule has 0 fully saturated rings. The summed E-state index contributed by atoms with van der Waals surface area (Å²) in [6.45, 7) is 5.53. The van der Waals surface area contributed by atoms with Crippen LogP contribution < -0.4 is 5.32 Å². The van der Waals surface area contributed by atoms with E-state index in [4.69, 9.17) is 9.84 Å². The molecule has 3 N–H and O–H groups in total. The predicted octanol–water partition coefficient (Wildman–Crippen LogP) is 0.689. The molecule has 0 aromatic rings. The normalized spacial score (nSPS) is 14.2. The average molecular weight is 261 g/mol. The van der Waals surface area contributed by atoms with E-state index in [0.717, 1.165) is 25.8 Å². The SMILES string of the molecule is CCCC(CCO)CNCC(O)CC(=O)OCC. The molecule has 18 heavy (non-hydrogen) atoms. The minimum atomic E-state index is -0.708. The first-order valence-corrected chi connectivity index (χ1v) is 6.79. The number of rotatable bonds is 11. The van der Waals surface area contributed by atoms with Crippen LogP contribution >= 0.6 is 0 Å². The molecule has 0 saturated carbocycles. The first kappa shape index (κ1) is 17.4. The van der Waals surface area contributed by atoms with E-state index in [1.165, 1.54) is 0 Å². The van der Waals surface area contributed by atoms with Gasteiger partial charge in [-0.1, -0.05) is 13.3 Å². The van der Waals surface area contributed by atoms with Gasteiger partial charge in [0.25, 0.3) is 0 Å². The number of hydrogen-bond acceptors (Lipinski definition) is 5. The molecule has 0 rings (SSSR count). The lowest BCUT2D eigenvalue weighted by Gasteiger charge is -2.17. The van der Waals surface area contributed by atoms with Gasteiger partial charge in [-0.3, -0.25) is 4.79 Å². The number of esters is 1. The molecule has 0 aliphatic heterocycles. The Bertz CT molecular complexity index is 205. The fourth-order valence-electron chi connectivity index (χ4n) is 1.88. The van der Waals surface area contributed by atoms with Crippen LogP contribution in [0, 0.1) is 5.92 Å². The van der Waals surface area contributed by atoms with Crippen LogP contribution in [0.5, 0.6) is 0 Å². The first-order chi connectivity index (χ1) is 8.63. The largest absolute Gasteiger partial charge is 0.466 e. The van der Waals surface area contributed by atoms with Gasteiger partial charge >= 0.3 is 5.97 Å². The number of nitrogens with one attached hydrogen (secondary N) is 1. The second-order valence-electron chi connectivity index (χ2n) is 4.49. The van der Waals surface area contributed by atoms with Gasteiger partial charge in [0.15, 0.2) is 0 Å². The molecular formula is C13H27NO4. The van der Waals surface area contributed by atoms with Crippen LogP contribution in [0.1, 0.15) is 39.5 Å². The van der Waals surface area contributed by atoms with Crippen LogP contribution in [-0.4, -0.2) is 48.6 Å². The van der Waals surface area contributed by atoms with E-state index in [1.807, 2.05) is 0 Å². The van der Waals surface area contributed by atoms with E-state index in [9.17, 15) is 9.90 Å². The van der Waals surface area contributed by atoms with Crippen LogP contribution in [-0.2, 0) is 9.53 Å². The number of hydrogen-bond donors (Lipinski definition) is 3. The van der Waals surface area contributed by atoms with Gasteiger partial charge in [0, 0.05) is 13.2 Å². The molecule has 0 radical (unpaired) electrons. The molecule has 108 valence electrons. The third-order valence-electron chi connectivity index (χ3n) is 2.75. The molecule has 5 nitrogen and oxygen atoms in total. The zero-order valence-corrected chi connectivity index (χ0v) is 11.5. The second-order valence-corrected chi connectivity index (χ2v) is 4.49. The summed E-state index contributed by atoms with van der Waals surface area (Å²) in [6.07, 6.45) is 2.23. The average Bonchev–Trinajstić information content (AvgIpc) is 2.29. The quantitative estimate of drug-likeness (QED) is 0.477. The lowest BCUT2D eigenvalue weighted by molar-refractivity contribution is -0.145. The fourth-order valence-corrected chi connectivity index (χ4v) is 1.88. The molecular weight excluding hydrogens is 234 g/mol. The third kappa shape index (κ3) is 9.39. The lowest BCUT2D eigenvalue weighted by atomic mass is 10.0. The molecule has 5 heteroatoms. The van der Waals surface area contributed by atoms with Crippen LogP contribution in [0.2, 0.25) is 0 Å². The monoisotopic (exact) mass is 261 g/mol. The summed E-state index contributed by atoms with van der Waals surface area (Å²) >= 11 is 0. The van der Waals surface area contributed by atoms with Gasteiger partial charge in [-0.2, -0.15) is 0 Å². The highest BCUT2D eigenvalue weighted by Gasteiger charge is 2.12. The van der Waals surface area contributed by atoms with Crippen molar-refractivity contribution < 1.29 is 19.7 Å². The molecule has 0 spiro atoms. The summed E-state index contributed by atoms with van der Waals surface area (Å²) in [5, 5.41) is 21.7. The second kappa shape index (κ2) is 11.4. The van der Waals surface area contributed by atoms with Crippen molar-refractivity contribution in [2.45, 2.75) is 45.6 Å². The van der Waals surface area contributed by atoms with E-state index in [0.29, 0.717) is 19.1 Å². The molecule has 0 aromatic carbocycles. The van der Waals surface area contributed by atoms with Crippen LogP contribution in [0.15, 0.2) is 0 Å². The Balaban J connectivity index is 3.69. The van der Waals surface area contributed by atoms with Crippen molar-refractivity contribution >= 4 is 5.97 Å². The van der Waals surface area contributed by atoms with Crippen molar-refractivity contribution in [1.82, 2.24) is 5.32 Å². The van der Waals surface area contributed by atoms with Crippen LogP contribution in [0.3, 0.4) is 0 Å². The number of ether oxygens (including phenoxy) is 1. The highest BCUT2D eigenvalue weighted by Crippen LogP contribution is 2.09. The number of aliphatic hydroxyl groups excluding tert-OH is 2. The van der Waals surface area contributed by atoms with E-state index in [-0.39, 0.29) is 19.0 Å². The highest BCUT2D eigenvalue weighted by atomic mass is 16.5. The minimum absolute atomic E-state index is 0.0271. The van der Waals surface area contributed by atoms with Crippen LogP contribution in [0.25, 0.3) is 0 Å². The van der Waals surface area contributed by atoms with Crippen molar-refractivity contribution in [2.24, 2.45) is 5.92 Å². The molecule has 0 heterocycles. The molecule has 2 unspecified atom stereocenters. The topological polar surface area (TPSA) is 78.8 Å². The Morgan fingerprint density at radius 2 is 2.00 bits per heavy atom. The Morgan fingerprint density at radius 1 is 1.28 bits per heavy atom.